The molecule has 1 atom stereocenters. The molecule has 0 aromatic carbocycles. The Balaban J connectivity index is 0.000000791. The van der Waals surface area contributed by atoms with E-state index in [9.17, 15) is 0 Å². The van der Waals surface area contributed by atoms with Crippen molar-refractivity contribution in [2.45, 2.75) is 40.5 Å². The van der Waals surface area contributed by atoms with Crippen molar-refractivity contribution in [2.75, 3.05) is 13.1 Å². The maximum Gasteiger partial charge on any atom is 0.00205 e. The molecule has 82 valence electrons. The third-order valence-corrected chi connectivity index (χ3v) is 2.33. The van der Waals surface area contributed by atoms with Gasteiger partial charge in [0.2, 0.25) is 0 Å². The first-order chi connectivity index (χ1) is 6.88. The van der Waals surface area contributed by atoms with Gasteiger partial charge in [0, 0.05) is 6.54 Å². The SMILES string of the molecule is C/C=C\C(=C/CC)C1CCNC1.CC. The van der Waals surface area contributed by atoms with Gasteiger partial charge in [0.25, 0.3) is 0 Å². The Morgan fingerprint density at radius 2 is 2.14 bits per heavy atom. The maximum atomic E-state index is 3.39. The van der Waals surface area contributed by atoms with Gasteiger partial charge in [0.05, 0.1) is 0 Å². The minimum atomic E-state index is 0.765. The molecule has 0 amide bonds. The Kier molecular flexibility index (Phi) is 8.65. The molecule has 1 aliphatic rings. The second-order valence-corrected chi connectivity index (χ2v) is 3.30. The van der Waals surface area contributed by atoms with E-state index in [1.165, 1.54) is 18.5 Å². The zero-order chi connectivity index (χ0) is 10.8. The first-order valence-electron chi connectivity index (χ1n) is 5.92. The van der Waals surface area contributed by atoms with Gasteiger partial charge in [-0.1, -0.05) is 39.0 Å². The minimum Gasteiger partial charge on any atom is -0.316 e. The summed E-state index contributed by atoms with van der Waals surface area (Å²) < 4.78 is 0. The van der Waals surface area contributed by atoms with Crippen molar-refractivity contribution in [3.8, 4) is 0 Å². The van der Waals surface area contributed by atoms with Gasteiger partial charge >= 0.3 is 0 Å². The van der Waals surface area contributed by atoms with E-state index in [4.69, 9.17) is 0 Å². The number of rotatable bonds is 3. The fourth-order valence-corrected chi connectivity index (χ4v) is 1.74. The normalized spacial score (nSPS) is 22.3. The zero-order valence-electron chi connectivity index (χ0n) is 10.1. The first-order valence-corrected chi connectivity index (χ1v) is 5.92. The number of nitrogens with one attached hydrogen (secondary N) is 1. The Bertz CT molecular complexity index is 174. The highest BCUT2D eigenvalue weighted by molar-refractivity contribution is 5.22. The molecule has 1 N–H and O–H groups in total. The lowest BCUT2D eigenvalue weighted by atomic mass is 9.97. The van der Waals surface area contributed by atoms with Crippen LogP contribution < -0.4 is 5.32 Å². The molecule has 0 aliphatic carbocycles. The van der Waals surface area contributed by atoms with E-state index in [0.29, 0.717) is 0 Å². The van der Waals surface area contributed by atoms with Crippen LogP contribution in [0, 0.1) is 5.92 Å². The zero-order valence-corrected chi connectivity index (χ0v) is 10.1. The highest BCUT2D eigenvalue weighted by Gasteiger charge is 2.16. The van der Waals surface area contributed by atoms with Crippen molar-refractivity contribution in [1.29, 1.82) is 0 Å². The summed E-state index contributed by atoms with van der Waals surface area (Å²) in [6, 6.07) is 0. The molecule has 0 aromatic heterocycles. The monoisotopic (exact) mass is 195 g/mol. The molecule has 0 bridgehead atoms. The lowest BCUT2D eigenvalue weighted by Crippen LogP contribution is -2.09. The molecule has 1 saturated heterocycles. The highest BCUT2D eigenvalue weighted by Crippen LogP contribution is 2.19. The molecule has 1 nitrogen and oxygen atoms in total. The summed E-state index contributed by atoms with van der Waals surface area (Å²) in [5.74, 6) is 0.765. The molecule has 1 unspecified atom stereocenters. The minimum absolute atomic E-state index is 0.765. The molecule has 1 rings (SSSR count). The lowest BCUT2D eigenvalue weighted by Gasteiger charge is -2.09. The Hall–Kier alpha value is -0.560. The fraction of sp³-hybridized carbons (Fsp3) is 0.692. The molecular weight excluding hydrogens is 170 g/mol. The van der Waals surface area contributed by atoms with E-state index in [2.05, 4.69) is 37.4 Å². The van der Waals surface area contributed by atoms with Crippen molar-refractivity contribution < 1.29 is 0 Å². The summed E-state index contributed by atoms with van der Waals surface area (Å²) in [5, 5.41) is 3.39. The van der Waals surface area contributed by atoms with Gasteiger partial charge in [-0.3, -0.25) is 0 Å². The van der Waals surface area contributed by atoms with Crippen LogP contribution in [0.25, 0.3) is 0 Å². The van der Waals surface area contributed by atoms with Gasteiger partial charge < -0.3 is 5.32 Å². The van der Waals surface area contributed by atoms with Crippen LogP contribution in [0.5, 0.6) is 0 Å². The largest absolute Gasteiger partial charge is 0.316 e. The first kappa shape index (κ1) is 13.4. The van der Waals surface area contributed by atoms with E-state index < -0.39 is 0 Å². The van der Waals surface area contributed by atoms with Crippen LogP contribution in [0.4, 0.5) is 0 Å². The van der Waals surface area contributed by atoms with Gasteiger partial charge in [-0.15, -0.1) is 0 Å². The average Bonchev–Trinajstić information content (AvgIpc) is 2.73. The Labute approximate surface area is 89.3 Å². The molecule has 0 radical (unpaired) electrons. The van der Waals surface area contributed by atoms with Crippen LogP contribution in [0.15, 0.2) is 23.8 Å². The summed E-state index contributed by atoms with van der Waals surface area (Å²) in [7, 11) is 0. The van der Waals surface area contributed by atoms with Gasteiger partial charge in [-0.2, -0.15) is 0 Å². The number of hydrogen-bond donors (Lipinski definition) is 1. The smallest absolute Gasteiger partial charge is 0.00205 e. The summed E-state index contributed by atoms with van der Waals surface area (Å²) in [5.41, 5.74) is 1.52. The lowest BCUT2D eigenvalue weighted by molar-refractivity contribution is 0.694. The summed E-state index contributed by atoms with van der Waals surface area (Å²) in [6.07, 6.45) is 9.19. The van der Waals surface area contributed by atoms with Gasteiger partial charge in [-0.05, 0) is 37.8 Å². The molecule has 1 aliphatic heterocycles. The predicted molar refractivity (Wildman–Crippen MR) is 65.5 cm³/mol. The van der Waals surface area contributed by atoms with E-state index in [-0.39, 0.29) is 0 Å². The maximum absolute atomic E-state index is 3.39. The topological polar surface area (TPSA) is 12.0 Å². The van der Waals surface area contributed by atoms with Crippen molar-refractivity contribution in [3.05, 3.63) is 23.8 Å². The van der Waals surface area contributed by atoms with Crippen molar-refractivity contribution >= 4 is 0 Å². The second-order valence-electron chi connectivity index (χ2n) is 3.30. The Morgan fingerprint density at radius 3 is 2.57 bits per heavy atom. The van der Waals surface area contributed by atoms with Crippen LogP contribution >= 0.6 is 0 Å². The fourth-order valence-electron chi connectivity index (χ4n) is 1.74. The number of allylic oxidation sites excluding steroid dienone is 3. The van der Waals surface area contributed by atoms with Crippen molar-refractivity contribution in [1.82, 2.24) is 5.32 Å². The second kappa shape index (κ2) is 9.01. The molecule has 0 aromatic rings. The number of hydrogen-bond acceptors (Lipinski definition) is 1. The molecule has 0 spiro atoms. The molecule has 0 saturated carbocycles. The summed E-state index contributed by atoms with van der Waals surface area (Å²) >= 11 is 0. The average molecular weight is 195 g/mol. The van der Waals surface area contributed by atoms with Crippen LogP contribution in [0.2, 0.25) is 0 Å². The van der Waals surface area contributed by atoms with E-state index in [1.54, 1.807) is 0 Å². The molecule has 14 heavy (non-hydrogen) atoms. The van der Waals surface area contributed by atoms with Crippen molar-refractivity contribution in [3.63, 3.8) is 0 Å². The third-order valence-electron chi connectivity index (χ3n) is 2.33. The quantitative estimate of drug-likeness (QED) is 0.679. The standard InChI is InChI=1S/C11H19N.C2H6/c1-3-5-10(6-4-2)11-7-8-12-9-11;1-2/h3,5-6,11-12H,4,7-9H2,1-2H3;1-2H3/b5-3-,10-6+;. The highest BCUT2D eigenvalue weighted by atomic mass is 14.9. The van der Waals surface area contributed by atoms with Crippen LogP contribution in [-0.2, 0) is 0 Å². The molecule has 1 fully saturated rings. The molecule has 1 heteroatoms. The van der Waals surface area contributed by atoms with E-state index >= 15 is 0 Å². The van der Waals surface area contributed by atoms with E-state index in [0.717, 1.165) is 18.9 Å². The summed E-state index contributed by atoms with van der Waals surface area (Å²) in [6.45, 7) is 10.6. The van der Waals surface area contributed by atoms with Crippen molar-refractivity contribution in [2.24, 2.45) is 5.92 Å². The van der Waals surface area contributed by atoms with Gasteiger partial charge in [0.1, 0.15) is 0 Å². The molecular formula is C13H25N. The van der Waals surface area contributed by atoms with Crippen LogP contribution in [0.3, 0.4) is 0 Å². The summed E-state index contributed by atoms with van der Waals surface area (Å²) in [4.78, 5) is 0. The molecule has 1 heterocycles. The Morgan fingerprint density at radius 1 is 1.43 bits per heavy atom. The van der Waals surface area contributed by atoms with Gasteiger partial charge in [-0.25, -0.2) is 0 Å². The van der Waals surface area contributed by atoms with Gasteiger partial charge in [0.15, 0.2) is 0 Å². The van der Waals surface area contributed by atoms with Crippen LogP contribution in [-0.4, -0.2) is 13.1 Å². The predicted octanol–water partition coefficient (Wildman–Crippen LogP) is 3.53. The van der Waals surface area contributed by atoms with E-state index in [1.807, 2.05) is 13.8 Å². The van der Waals surface area contributed by atoms with Crippen LogP contribution in [0.1, 0.15) is 40.5 Å². The third kappa shape index (κ3) is 4.61.